The minimum atomic E-state index is 0.543. The highest BCUT2D eigenvalue weighted by Gasteiger charge is 2.15. The van der Waals surface area contributed by atoms with E-state index in [4.69, 9.17) is 11.6 Å². The summed E-state index contributed by atoms with van der Waals surface area (Å²) >= 11 is 11.5. The van der Waals surface area contributed by atoms with E-state index in [1.165, 1.54) is 32.1 Å². The van der Waals surface area contributed by atoms with E-state index >= 15 is 0 Å². The first-order valence-corrected chi connectivity index (χ1v) is 8.75. The molecule has 0 aliphatic heterocycles. The molecule has 1 aliphatic rings. The second-order valence-corrected chi connectivity index (χ2v) is 7.06. The van der Waals surface area contributed by atoms with Gasteiger partial charge >= 0.3 is 0 Å². The Morgan fingerprint density at radius 2 is 2.00 bits per heavy atom. The lowest BCUT2D eigenvalue weighted by Crippen LogP contribution is -2.09. The predicted octanol–water partition coefficient (Wildman–Crippen LogP) is 5.02. The average Bonchev–Trinajstić information content (AvgIpc) is 2.41. The summed E-state index contributed by atoms with van der Waals surface area (Å²) < 4.78 is 0.845. The van der Waals surface area contributed by atoms with Crippen LogP contribution in [0.1, 0.15) is 50.5 Å². The predicted molar refractivity (Wildman–Crippen MR) is 82.3 cm³/mol. The molecule has 0 aromatic carbocycles. The lowest BCUT2D eigenvalue weighted by atomic mass is 10.0. The second kappa shape index (κ2) is 7.11. The number of aromatic nitrogens is 2. The van der Waals surface area contributed by atoms with Gasteiger partial charge in [0.1, 0.15) is 11.0 Å². The van der Waals surface area contributed by atoms with E-state index in [-0.39, 0.29) is 0 Å². The molecule has 1 saturated carbocycles. The summed E-state index contributed by atoms with van der Waals surface area (Å²) in [5.74, 6) is 1.75. The van der Waals surface area contributed by atoms with Crippen molar-refractivity contribution in [2.75, 3.05) is 0 Å². The molecule has 18 heavy (non-hydrogen) atoms. The molecule has 0 amide bonds. The maximum Gasteiger partial charge on any atom is 0.147 e. The van der Waals surface area contributed by atoms with E-state index in [1.54, 1.807) is 0 Å². The van der Waals surface area contributed by atoms with E-state index < -0.39 is 0 Å². The third-order valence-electron chi connectivity index (χ3n) is 3.26. The van der Waals surface area contributed by atoms with Gasteiger partial charge in [0.15, 0.2) is 0 Å². The molecule has 5 heteroatoms. The minimum Gasteiger partial charge on any atom is -0.236 e. The van der Waals surface area contributed by atoms with Crippen LogP contribution in [0.5, 0.6) is 0 Å². The van der Waals surface area contributed by atoms with Crippen molar-refractivity contribution in [3.63, 3.8) is 0 Å². The van der Waals surface area contributed by atoms with Crippen LogP contribution in [0.25, 0.3) is 0 Å². The molecule has 0 radical (unpaired) electrons. The van der Waals surface area contributed by atoms with Crippen molar-refractivity contribution in [2.24, 2.45) is 0 Å². The molecular formula is C13H18BrClN2S. The Kier molecular flexibility index (Phi) is 5.77. The molecule has 2 nitrogen and oxygen atoms in total. The van der Waals surface area contributed by atoms with Gasteiger partial charge in [-0.25, -0.2) is 9.97 Å². The van der Waals surface area contributed by atoms with Gasteiger partial charge in [-0.2, -0.15) is 11.8 Å². The van der Waals surface area contributed by atoms with Gasteiger partial charge in [0, 0.05) is 5.25 Å². The molecule has 1 aliphatic carbocycles. The summed E-state index contributed by atoms with van der Waals surface area (Å²) in [4.78, 5) is 8.93. The zero-order chi connectivity index (χ0) is 13.0. The molecule has 1 heterocycles. The van der Waals surface area contributed by atoms with Crippen LogP contribution in [0, 0.1) is 0 Å². The van der Waals surface area contributed by atoms with Gasteiger partial charge in [-0.3, -0.25) is 0 Å². The quantitative estimate of drug-likeness (QED) is 0.714. The Morgan fingerprint density at radius 1 is 1.28 bits per heavy atom. The van der Waals surface area contributed by atoms with Crippen LogP contribution in [0.2, 0.25) is 5.15 Å². The summed E-state index contributed by atoms with van der Waals surface area (Å²) in [6, 6.07) is 0. The lowest BCUT2D eigenvalue weighted by molar-refractivity contribution is 0.516. The molecule has 0 atom stereocenters. The van der Waals surface area contributed by atoms with Crippen LogP contribution in [0.3, 0.4) is 0 Å². The standard InChI is InChI=1S/C13H18BrClN2S/c1-2-10-12(14)13(15)17-11(16-10)8-18-9-6-4-3-5-7-9/h9H,2-8H2,1H3. The molecule has 100 valence electrons. The molecule has 0 saturated heterocycles. The fraction of sp³-hybridized carbons (Fsp3) is 0.692. The average molecular weight is 350 g/mol. The Labute approximate surface area is 126 Å². The van der Waals surface area contributed by atoms with Crippen molar-refractivity contribution in [1.82, 2.24) is 9.97 Å². The molecule has 0 bridgehead atoms. The SMILES string of the molecule is CCc1nc(CSC2CCCCC2)nc(Cl)c1Br. The maximum atomic E-state index is 6.11. The smallest absolute Gasteiger partial charge is 0.147 e. The highest BCUT2D eigenvalue weighted by molar-refractivity contribution is 9.10. The molecular weight excluding hydrogens is 332 g/mol. The third kappa shape index (κ3) is 3.84. The zero-order valence-corrected chi connectivity index (χ0v) is 13.7. The molecule has 1 fully saturated rings. The molecule has 1 aromatic heterocycles. The number of aryl methyl sites for hydroxylation is 1. The highest BCUT2D eigenvalue weighted by Crippen LogP contribution is 2.31. The van der Waals surface area contributed by atoms with Crippen LogP contribution in [-0.4, -0.2) is 15.2 Å². The van der Waals surface area contributed by atoms with Gasteiger partial charge in [-0.1, -0.05) is 37.8 Å². The number of hydrogen-bond donors (Lipinski definition) is 0. The topological polar surface area (TPSA) is 25.8 Å². The fourth-order valence-electron chi connectivity index (χ4n) is 2.23. The number of nitrogens with zero attached hydrogens (tertiary/aromatic N) is 2. The summed E-state index contributed by atoms with van der Waals surface area (Å²) in [7, 11) is 0. The van der Waals surface area contributed by atoms with Crippen molar-refractivity contribution in [2.45, 2.75) is 56.5 Å². The van der Waals surface area contributed by atoms with Crippen molar-refractivity contribution in [1.29, 1.82) is 0 Å². The third-order valence-corrected chi connectivity index (χ3v) is 5.96. The summed E-state index contributed by atoms with van der Waals surface area (Å²) in [5, 5.41) is 1.33. The van der Waals surface area contributed by atoms with Crippen molar-refractivity contribution in [3.05, 3.63) is 21.1 Å². The first kappa shape index (κ1) is 14.6. The zero-order valence-electron chi connectivity index (χ0n) is 10.6. The fourth-order valence-corrected chi connectivity index (χ4v) is 4.08. The van der Waals surface area contributed by atoms with Gasteiger partial charge in [0.05, 0.1) is 15.9 Å². The molecule has 0 N–H and O–H groups in total. The van der Waals surface area contributed by atoms with Crippen LogP contribution in [-0.2, 0) is 12.2 Å². The van der Waals surface area contributed by atoms with E-state index in [2.05, 4.69) is 32.8 Å². The number of halogens is 2. The van der Waals surface area contributed by atoms with E-state index in [9.17, 15) is 0 Å². The highest BCUT2D eigenvalue weighted by atomic mass is 79.9. The number of rotatable bonds is 4. The Hall–Kier alpha value is 0.200. The second-order valence-electron chi connectivity index (χ2n) is 4.62. The van der Waals surface area contributed by atoms with Crippen LogP contribution >= 0.6 is 39.3 Å². The van der Waals surface area contributed by atoms with Crippen LogP contribution < -0.4 is 0 Å². The monoisotopic (exact) mass is 348 g/mol. The lowest BCUT2D eigenvalue weighted by Gasteiger charge is -2.20. The van der Waals surface area contributed by atoms with Gasteiger partial charge < -0.3 is 0 Å². The Morgan fingerprint density at radius 3 is 2.67 bits per heavy atom. The van der Waals surface area contributed by atoms with Crippen LogP contribution in [0.4, 0.5) is 0 Å². The molecule has 2 rings (SSSR count). The normalized spacial score (nSPS) is 17.1. The molecule has 0 unspecified atom stereocenters. The number of hydrogen-bond acceptors (Lipinski definition) is 3. The van der Waals surface area contributed by atoms with E-state index in [0.717, 1.165) is 33.4 Å². The largest absolute Gasteiger partial charge is 0.236 e. The van der Waals surface area contributed by atoms with Gasteiger partial charge in [-0.15, -0.1) is 0 Å². The van der Waals surface area contributed by atoms with E-state index in [1.807, 2.05) is 11.8 Å². The molecule has 0 spiro atoms. The Balaban J connectivity index is 1.98. The number of thioether (sulfide) groups is 1. The summed E-state index contributed by atoms with van der Waals surface area (Å²) in [5.41, 5.74) is 1.01. The summed E-state index contributed by atoms with van der Waals surface area (Å²) in [6.07, 6.45) is 7.71. The van der Waals surface area contributed by atoms with Crippen molar-refractivity contribution < 1.29 is 0 Å². The van der Waals surface area contributed by atoms with Crippen molar-refractivity contribution in [3.8, 4) is 0 Å². The van der Waals surface area contributed by atoms with Gasteiger partial charge in [0.25, 0.3) is 0 Å². The van der Waals surface area contributed by atoms with Gasteiger partial charge in [0.2, 0.25) is 0 Å². The maximum absolute atomic E-state index is 6.11. The van der Waals surface area contributed by atoms with Crippen LogP contribution in [0.15, 0.2) is 4.47 Å². The first-order chi connectivity index (χ1) is 8.70. The van der Waals surface area contributed by atoms with Gasteiger partial charge in [-0.05, 0) is 35.2 Å². The summed E-state index contributed by atoms with van der Waals surface area (Å²) in [6.45, 7) is 2.08. The Bertz CT molecular complexity index is 408. The molecule has 1 aromatic rings. The van der Waals surface area contributed by atoms with Crippen molar-refractivity contribution >= 4 is 39.3 Å². The van der Waals surface area contributed by atoms with E-state index in [0.29, 0.717) is 5.15 Å². The first-order valence-electron chi connectivity index (χ1n) is 6.53. The minimum absolute atomic E-state index is 0.543.